The lowest BCUT2D eigenvalue weighted by Crippen LogP contribution is -1.99. The summed E-state index contributed by atoms with van der Waals surface area (Å²) in [6.45, 7) is 0.705. The zero-order valence-corrected chi connectivity index (χ0v) is 11.3. The molecule has 3 aromatic rings. The lowest BCUT2D eigenvalue weighted by Gasteiger charge is -2.03. The van der Waals surface area contributed by atoms with Gasteiger partial charge in [-0.25, -0.2) is 9.97 Å². The number of rotatable bonds is 4. The summed E-state index contributed by atoms with van der Waals surface area (Å²) in [5.74, 6) is 0.628. The molecule has 0 aliphatic rings. The summed E-state index contributed by atoms with van der Waals surface area (Å²) in [7, 11) is 1.61. The molecular formula is C14H13N3OS. The van der Waals surface area contributed by atoms with Crippen LogP contribution in [0.15, 0.2) is 42.6 Å². The minimum Gasteiger partial charge on any atom is -0.481 e. The second-order valence-electron chi connectivity index (χ2n) is 4.05. The highest BCUT2D eigenvalue weighted by Crippen LogP contribution is 2.25. The first kappa shape index (κ1) is 11.9. The number of methoxy groups -OCH3 is 1. The lowest BCUT2D eigenvalue weighted by molar-refractivity contribution is 0.397. The maximum atomic E-state index is 5.03. The van der Waals surface area contributed by atoms with Gasteiger partial charge in [0.15, 0.2) is 5.13 Å². The Morgan fingerprint density at radius 2 is 2.11 bits per heavy atom. The fourth-order valence-electron chi connectivity index (χ4n) is 1.76. The van der Waals surface area contributed by atoms with Crippen LogP contribution in [0.2, 0.25) is 0 Å². The molecule has 1 aromatic carbocycles. The predicted molar refractivity (Wildman–Crippen MR) is 77.7 cm³/mol. The van der Waals surface area contributed by atoms with E-state index in [1.807, 2.05) is 30.3 Å². The summed E-state index contributed by atoms with van der Waals surface area (Å²) >= 11 is 1.66. The first-order chi connectivity index (χ1) is 9.35. The van der Waals surface area contributed by atoms with E-state index in [9.17, 15) is 0 Å². The number of thiazole rings is 1. The summed E-state index contributed by atoms with van der Waals surface area (Å²) in [6.07, 6.45) is 1.80. The average molecular weight is 271 g/mol. The van der Waals surface area contributed by atoms with Crippen molar-refractivity contribution in [3.8, 4) is 5.88 Å². The molecule has 0 atom stereocenters. The van der Waals surface area contributed by atoms with Crippen LogP contribution in [0.5, 0.6) is 5.88 Å². The van der Waals surface area contributed by atoms with Crippen molar-refractivity contribution in [1.29, 1.82) is 0 Å². The van der Waals surface area contributed by atoms with Crippen molar-refractivity contribution in [2.45, 2.75) is 6.54 Å². The Balaban J connectivity index is 1.70. The van der Waals surface area contributed by atoms with E-state index in [1.165, 1.54) is 4.70 Å². The van der Waals surface area contributed by atoms with E-state index in [4.69, 9.17) is 4.74 Å². The van der Waals surface area contributed by atoms with E-state index in [0.717, 1.165) is 16.2 Å². The van der Waals surface area contributed by atoms with Crippen LogP contribution in [0.1, 0.15) is 5.56 Å². The Labute approximate surface area is 115 Å². The second-order valence-corrected chi connectivity index (χ2v) is 5.08. The lowest BCUT2D eigenvalue weighted by atomic mass is 10.3. The third-order valence-electron chi connectivity index (χ3n) is 2.74. The van der Waals surface area contributed by atoms with Crippen LogP contribution >= 0.6 is 11.3 Å². The minimum atomic E-state index is 0.628. The molecule has 0 aliphatic carbocycles. The summed E-state index contributed by atoms with van der Waals surface area (Å²) < 4.78 is 6.22. The molecule has 96 valence electrons. The first-order valence-electron chi connectivity index (χ1n) is 5.93. The monoisotopic (exact) mass is 271 g/mol. The third kappa shape index (κ3) is 2.66. The molecule has 0 spiro atoms. The molecular weight excluding hydrogens is 258 g/mol. The van der Waals surface area contributed by atoms with Gasteiger partial charge in [0.25, 0.3) is 0 Å². The molecule has 0 fully saturated rings. The van der Waals surface area contributed by atoms with E-state index < -0.39 is 0 Å². The Morgan fingerprint density at radius 1 is 1.21 bits per heavy atom. The van der Waals surface area contributed by atoms with Crippen molar-refractivity contribution in [3.05, 3.63) is 48.2 Å². The zero-order chi connectivity index (χ0) is 13.1. The van der Waals surface area contributed by atoms with Crippen LogP contribution in [-0.4, -0.2) is 17.1 Å². The summed E-state index contributed by atoms with van der Waals surface area (Å²) in [5.41, 5.74) is 2.13. The normalized spacial score (nSPS) is 10.6. The van der Waals surface area contributed by atoms with Gasteiger partial charge in [0, 0.05) is 18.8 Å². The fourth-order valence-corrected chi connectivity index (χ4v) is 2.62. The van der Waals surface area contributed by atoms with Gasteiger partial charge < -0.3 is 10.1 Å². The molecule has 0 unspecified atom stereocenters. The van der Waals surface area contributed by atoms with Crippen molar-refractivity contribution in [2.75, 3.05) is 12.4 Å². The van der Waals surface area contributed by atoms with Gasteiger partial charge in [0.2, 0.25) is 5.88 Å². The number of para-hydroxylation sites is 1. The summed E-state index contributed by atoms with van der Waals surface area (Å²) in [4.78, 5) is 8.70. The minimum absolute atomic E-state index is 0.628. The van der Waals surface area contributed by atoms with Crippen LogP contribution in [-0.2, 0) is 6.54 Å². The van der Waals surface area contributed by atoms with Gasteiger partial charge in [0.1, 0.15) is 0 Å². The van der Waals surface area contributed by atoms with Crippen molar-refractivity contribution in [3.63, 3.8) is 0 Å². The highest BCUT2D eigenvalue weighted by Gasteiger charge is 2.02. The molecule has 4 nitrogen and oxygen atoms in total. The van der Waals surface area contributed by atoms with Gasteiger partial charge >= 0.3 is 0 Å². The molecule has 2 heterocycles. The van der Waals surface area contributed by atoms with Gasteiger partial charge in [-0.15, -0.1) is 0 Å². The molecule has 19 heavy (non-hydrogen) atoms. The second kappa shape index (κ2) is 5.24. The SMILES string of the molecule is COc1ccc(CNc2nc3ccccc3s2)cn1. The maximum absolute atomic E-state index is 5.03. The number of nitrogens with one attached hydrogen (secondary N) is 1. The number of hydrogen-bond acceptors (Lipinski definition) is 5. The molecule has 5 heteroatoms. The topological polar surface area (TPSA) is 47.0 Å². The number of aromatic nitrogens is 2. The van der Waals surface area contributed by atoms with E-state index in [0.29, 0.717) is 12.4 Å². The summed E-state index contributed by atoms with van der Waals surface area (Å²) in [5, 5.41) is 4.24. The number of nitrogens with zero attached hydrogens (tertiary/aromatic N) is 2. The van der Waals surface area contributed by atoms with E-state index >= 15 is 0 Å². The number of pyridine rings is 1. The van der Waals surface area contributed by atoms with Crippen LogP contribution in [0.25, 0.3) is 10.2 Å². The summed E-state index contributed by atoms with van der Waals surface area (Å²) in [6, 6.07) is 12.0. The zero-order valence-electron chi connectivity index (χ0n) is 10.5. The van der Waals surface area contributed by atoms with Crippen molar-refractivity contribution in [2.24, 2.45) is 0 Å². The number of benzene rings is 1. The van der Waals surface area contributed by atoms with Crippen molar-refractivity contribution < 1.29 is 4.74 Å². The van der Waals surface area contributed by atoms with Crippen LogP contribution in [0.4, 0.5) is 5.13 Å². The molecule has 0 aliphatic heterocycles. The number of ether oxygens (including phenoxy) is 1. The number of fused-ring (bicyclic) bond motifs is 1. The highest BCUT2D eigenvalue weighted by molar-refractivity contribution is 7.22. The Morgan fingerprint density at radius 3 is 2.84 bits per heavy atom. The van der Waals surface area contributed by atoms with Crippen LogP contribution in [0, 0.1) is 0 Å². The van der Waals surface area contributed by atoms with Gasteiger partial charge in [-0.1, -0.05) is 29.5 Å². The Bertz CT molecular complexity index is 645. The van der Waals surface area contributed by atoms with E-state index in [1.54, 1.807) is 24.6 Å². The standard InChI is InChI=1S/C14H13N3OS/c1-18-13-7-6-10(8-15-13)9-16-14-17-11-4-2-3-5-12(11)19-14/h2-8H,9H2,1H3,(H,16,17). The Hall–Kier alpha value is -2.14. The van der Waals surface area contributed by atoms with Crippen LogP contribution in [0.3, 0.4) is 0 Å². The van der Waals surface area contributed by atoms with Gasteiger partial charge in [-0.2, -0.15) is 0 Å². The molecule has 3 rings (SSSR count). The van der Waals surface area contributed by atoms with E-state index in [-0.39, 0.29) is 0 Å². The van der Waals surface area contributed by atoms with Crippen LogP contribution < -0.4 is 10.1 Å². The molecule has 1 N–H and O–H groups in total. The molecule has 0 amide bonds. The average Bonchev–Trinajstić information content (AvgIpc) is 2.88. The quantitative estimate of drug-likeness (QED) is 0.790. The third-order valence-corrected chi connectivity index (χ3v) is 3.74. The molecule has 0 saturated carbocycles. The number of hydrogen-bond donors (Lipinski definition) is 1. The molecule has 0 radical (unpaired) electrons. The Kier molecular flexibility index (Phi) is 3.29. The maximum Gasteiger partial charge on any atom is 0.212 e. The fraction of sp³-hybridized carbons (Fsp3) is 0.143. The van der Waals surface area contributed by atoms with E-state index in [2.05, 4.69) is 21.4 Å². The largest absolute Gasteiger partial charge is 0.481 e. The van der Waals surface area contributed by atoms with Gasteiger partial charge in [0.05, 0.1) is 17.3 Å². The first-order valence-corrected chi connectivity index (χ1v) is 6.75. The van der Waals surface area contributed by atoms with Crippen molar-refractivity contribution >= 4 is 26.7 Å². The molecule has 2 aromatic heterocycles. The predicted octanol–water partition coefficient (Wildman–Crippen LogP) is 3.31. The highest BCUT2D eigenvalue weighted by atomic mass is 32.1. The molecule has 0 bridgehead atoms. The van der Waals surface area contributed by atoms with Gasteiger partial charge in [-0.3, -0.25) is 0 Å². The smallest absolute Gasteiger partial charge is 0.212 e. The number of anilines is 1. The molecule has 0 saturated heterocycles. The van der Waals surface area contributed by atoms with Gasteiger partial charge in [-0.05, 0) is 17.7 Å². The van der Waals surface area contributed by atoms with Crippen molar-refractivity contribution in [1.82, 2.24) is 9.97 Å².